The van der Waals surface area contributed by atoms with E-state index in [1.165, 1.54) is 0 Å². The van der Waals surface area contributed by atoms with E-state index >= 15 is 0 Å². The molecule has 12 nitrogen and oxygen atoms in total. The van der Waals surface area contributed by atoms with E-state index in [1.54, 1.807) is 12.4 Å². The molecule has 0 saturated carbocycles. The van der Waals surface area contributed by atoms with Crippen LogP contribution in [0.25, 0.3) is 10.8 Å². The summed E-state index contributed by atoms with van der Waals surface area (Å²) >= 11 is 0. The lowest BCUT2D eigenvalue weighted by atomic mass is 9.83. The van der Waals surface area contributed by atoms with Crippen molar-refractivity contribution in [1.82, 2.24) is 9.88 Å². The Labute approximate surface area is 262 Å². The van der Waals surface area contributed by atoms with Gasteiger partial charge in [0.05, 0.1) is 25.0 Å². The van der Waals surface area contributed by atoms with Gasteiger partial charge >= 0.3 is 17.9 Å². The van der Waals surface area contributed by atoms with Crippen LogP contribution in [0.1, 0.15) is 55.2 Å². The average molecular weight is 647 g/mol. The number of hydrogen-bond acceptors (Lipinski definition) is 9. The Kier molecular flexibility index (Phi) is 10.9. The molecule has 0 amide bonds. The van der Waals surface area contributed by atoms with Crippen LogP contribution in [0.3, 0.4) is 0 Å². The third kappa shape index (κ3) is 7.94. The van der Waals surface area contributed by atoms with Gasteiger partial charge in [0.1, 0.15) is 12.0 Å². The molecule has 1 atom stereocenters. The van der Waals surface area contributed by atoms with Crippen LogP contribution < -0.4 is 4.74 Å². The number of pyridine rings is 1. The molecule has 1 aliphatic carbocycles. The van der Waals surface area contributed by atoms with Crippen LogP contribution >= 0.6 is 0 Å². The zero-order chi connectivity index (χ0) is 33.6. The smallest absolute Gasteiger partial charge is 0.336 e. The maximum absolute atomic E-state index is 13.9. The zero-order valence-corrected chi connectivity index (χ0v) is 24.9. The van der Waals surface area contributed by atoms with Crippen molar-refractivity contribution in [1.29, 1.82) is 0 Å². The van der Waals surface area contributed by atoms with E-state index in [2.05, 4.69) is 4.98 Å². The minimum atomic E-state index is -2.74. The number of aliphatic hydroxyl groups is 3. The number of hydrogen-bond donors (Lipinski definition) is 6. The number of aromatic nitrogens is 1. The molecule has 14 heteroatoms. The Morgan fingerprint density at radius 2 is 1.63 bits per heavy atom. The van der Waals surface area contributed by atoms with Crippen LogP contribution in [0, 0.1) is 11.6 Å². The van der Waals surface area contributed by atoms with E-state index in [9.17, 15) is 33.4 Å². The molecule has 1 aromatic heterocycles. The first-order valence-electron chi connectivity index (χ1n) is 14.7. The summed E-state index contributed by atoms with van der Waals surface area (Å²) in [7, 11) is 0. The Bertz CT molecular complexity index is 1570. The summed E-state index contributed by atoms with van der Waals surface area (Å²) in [6, 6.07) is 9.00. The summed E-state index contributed by atoms with van der Waals surface area (Å²) in [5.74, 6) is -6.29. The molecule has 5 rings (SSSR count). The SMILES string of the molecule is O=C(O)CC(O)(CC(=O)O)C(=O)O.OC(CCOc1cc(F)c(F)c2c1CCC2)N1CCC(O)(c2cncc3ccccc23)CC1. The molecule has 2 aliphatic rings. The molecule has 6 N–H and O–H groups in total. The Morgan fingerprint density at radius 3 is 2.26 bits per heavy atom. The molecule has 1 saturated heterocycles. The number of aliphatic carboxylic acids is 3. The standard InChI is InChI=1S/C26H28F2N2O3.C6H8O7/c27-22-14-23(19-6-3-7-20(19)25(22)28)33-13-8-24(31)30-11-9-26(32,10-12-30)21-16-29-15-17-4-1-2-5-18(17)21;7-3(8)1-6(13,5(11)12)2-4(9)10/h1-2,4-5,14-16,24,31-32H,3,6-13H2;13H,1-2H2,(H,7,8)(H,9,10)(H,11,12). The topological polar surface area (TPSA) is 198 Å². The number of aliphatic hydroxyl groups excluding tert-OH is 1. The van der Waals surface area contributed by atoms with Gasteiger partial charge in [-0.05, 0) is 43.1 Å². The van der Waals surface area contributed by atoms with E-state index in [0.717, 1.165) is 34.4 Å². The van der Waals surface area contributed by atoms with Gasteiger partial charge in [0.25, 0.3) is 0 Å². The molecule has 2 aromatic carbocycles. The number of carboxylic acids is 3. The number of benzene rings is 2. The van der Waals surface area contributed by atoms with Gasteiger partial charge in [-0.3, -0.25) is 19.5 Å². The van der Waals surface area contributed by atoms with E-state index in [1.807, 2.05) is 29.2 Å². The first-order chi connectivity index (χ1) is 21.7. The zero-order valence-electron chi connectivity index (χ0n) is 24.9. The van der Waals surface area contributed by atoms with Crippen molar-refractivity contribution in [3.8, 4) is 5.75 Å². The second kappa shape index (κ2) is 14.5. The van der Waals surface area contributed by atoms with Gasteiger partial charge in [-0.2, -0.15) is 0 Å². The summed E-state index contributed by atoms with van der Waals surface area (Å²) in [4.78, 5) is 36.7. The number of halogens is 2. The fraction of sp³-hybridized carbons (Fsp3) is 0.438. The van der Waals surface area contributed by atoms with Gasteiger partial charge in [-0.1, -0.05) is 24.3 Å². The molecule has 1 aliphatic heterocycles. The van der Waals surface area contributed by atoms with Crippen molar-refractivity contribution in [3.05, 3.63) is 71.1 Å². The summed E-state index contributed by atoms with van der Waals surface area (Å²) in [6.45, 7) is 1.26. The Balaban J connectivity index is 0.000000315. The molecule has 2 heterocycles. The number of nitrogens with zero attached hydrogens (tertiary/aromatic N) is 2. The number of rotatable bonds is 11. The lowest BCUT2D eigenvalue weighted by Crippen LogP contribution is -2.47. The third-order valence-electron chi connectivity index (χ3n) is 8.38. The molecule has 0 spiro atoms. The number of piperidine rings is 1. The van der Waals surface area contributed by atoms with Crippen molar-refractivity contribution < 1.29 is 58.5 Å². The second-order valence-corrected chi connectivity index (χ2v) is 11.6. The van der Waals surface area contributed by atoms with Gasteiger partial charge in [0, 0.05) is 54.5 Å². The maximum atomic E-state index is 13.9. The summed E-state index contributed by atoms with van der Waals surface area (Å²) in [6.07, 6.45) is 3.81. The molecule has 46 heavy (non-hydrogen) atoms. The van der Waals surface area contributed by atoms with Crippen molar-refractivity contribution in [2.24, 2.45) is 0 Å². The number of carbonyl (C=O) groups is 3. The average Bonchev–Trinajstić information content (AvgIpc) is 3.50. The molecular formula is C32H36F2N2O10. The van der Waals surface area contributed by atoms with E-state index < -0.39 is 59.8 Å². The van der Waals surface area contributed by atoms with E-state index in [0.29, 0.717) is 56.5 Å². The summed E-state index contributed by atoms with van der Waals surface area (Å²) < 4.78 is 33.6. The first kappa shape index (κ1) is 34.6. The fourth-order valence-corrected chi connectivity index (χ4v) is 5.92. The summed E-state index contributed by atoms with van der Waals surface area (Å²) in [5.41, 5.74) is -1.74. The van der Waals surface area contributed by atoms with Gasteiger partial charge in [0.2, 0.25) is 0 Å². The van der Waals surface area contributed by atoms with Crippen LogP contribution in [0.2, 0.25) is 0 Å². The van der Waals surface area contributed by atoms with Gasteiger partial charge < -0.3 is 35.4 Å². The highest BCUT2D eigenvalue weighted by molar-refractivity contribution is 5.88. The van der Waals surface area contributed by atoms with Crippen molar-refractivity contribution in [2.45, 2.75) is 68.8 Å². The molecule has 248 valence electrons. The highest BCUT2D eigenvalue weighted by Crippen LogP contribution is 2.37. The highest BCUT2D eigenvalue weighted by atomic mass is 19.2. The van der Waals surface area contributed by atoms with E-state index in [-0.39, 0.29) is 6.61 Å². The number of fused-ring (bicyclic) bond motifs is 2. The van der Waals surface area contributed by atoms with Gasteiger partial charge in [-0.15, -0.1) is 0 Å². The lowest BCUT2D eigenvalue weighted by molar-refractivity contribution is -0.170. The van der Waals surface area contributed by atoms with Crippen molar-refractivity contribution >= 4 is 28.7 Å². The normalized spacial score (nSPS) is 16.6. The van der Waals surface area contributed by atoms with Crippen LogP contribution in [0.15, 0.2) is 42.7 Å². The fourth-order valence-electron chi connectivity index (χ4n) is 5.92. The van der Waals surface area contributed by atoms with Crippen LogP contribution in [0.4, 0.5) is 8.78 Å². The quantitative estimate of drug-likeness (QED) is 0.178. The molecular weight excluding hydrogens is 610 g/mol. The van der Waals surface area contributed by atoms with E-state index in [4.69, 9.17) is 25.2 Å². The predicted molar refractivity (Wildman–Crippen MR) is 158 cm³/mol. The minimum absolute atomic E-state index is 0.201. The minimum Gasteiger partial charge on any atom is -0.493 e. The first-order valence-corrected chi connectivity index (χ1v) is 14.7. The third-order valence-corrected chi connectivity index (χ3v) is 8.38. The molecule has 0 bridgehead atoms. The van der Waals surface area contributed by atoms with Crippen LogP contribution in [-0.4, -0.2) is 90.0 Å². The van der Waals surface area contributed by atoms with Crippen molar-refractivity contribution in [3.63, 3.8) is 0 Å². The van der Waals surface area contributed by atoms with Crippen LogP contribution in [-0.2, 0) is 32.8 Å². The maximum Gasteiger partial charge on any atom is 0.336 e. The van der Waals surface area contributed by atoms with Crippen molar-refractivity contribution in [2.75, 3.05) is 19.7 Å². The monoisotopic (exact) mass is 646 g/mol. The largest absolute Gasteiger partial charge is 0.493 e. The Hall–Kier alpha value is -4.24. The lowest BCUT2D eigenvalue weighted by Gasteiger charge is -2.40. The number of likely N-dealkylation sites (tertiary alicyclic amines) is 1. The predicted octanol–water partition coefficient (Wildman–Crippen LogP) is 2.82. The molecule has 1 unspecified atom stereocenters. The van der Waals surface area contributed by atoms with Crippen LogP contribution in [0.5, 0.6) is 5.75 Å². The number of carboxylic acid groups (broad SMARTS) is 3. The van der Waals surface area contributed by atoms with Gasteiger partial charge in [-0.25, -0.2) is 13.6 Å². The molecule has 3 aromatic rings. The van der Waals surface area contributed by atoms with Gasteiger partial charge in [0.15, 0.2) is 17.2 Å². The molecule has 0 radical (unpaired) electrons. The number of ether oxygens (including phenoxy) is 1. The molecule has 1 fully saturated rings. The summed E-state index contributed by atoms with van der Waals surface area (Å²) in [5, 5.41) is 57.8. The highest BCUT2D eigenvalue weighted by Gasteiger charge is 2.41. The second-order valence-electron chi connectivity index (χ2n) is 11.6. The Morgan fingerprint density at radius 1 is 1.00 bits per heavy atom.